The lowest BCUT2D eigenvalue weighted by Crippen LogP contribution is -2.30. The molecule has 0 radical (unpaired) electrons. The van der Waals surface area contributed by atoms with E-state index in [1.807, 2.05) is 12.1 Å². The molecule has 8 heteroatoms. The van der Waals surface area contributed by atoms with Gasteiger partial charge in [0, 0.05) is 11.4 Å². The second kappa shape index (κ2) is 10.9. The first-order valence-electron chi connectivity index (χ1n) is 8.62. The second-order valence-corrected chi connectivity index (χ2v) is 5.96. The van der Waals surface area contributed by atoms with Crippen molar-refractivity contribution in [3.05, 3.63) is 48.5 Å². The lowest BCUT2D eigenvalue weighted by Gasteiger charge is -2.10. The number of nitrogens with one attached hydrogen (secondary N) is 4. The van der Waals surface area contributed by atoms with Gasteiger partial charge in [-0.3, -0.25) is 15.6 Å². The van der Waals surface area contributed by atoms with Crippen molar-refractivity contribution >= 4 is 40.6 Å². The van der Waals surface area contributed by atoms with Gasteiger partial charge < -0.3 is 15.4 Å². The number of carbonyl (C=O) groups is 2. The van der Waals surface area contributed by atoms with E-state index in [1.54, 1.807) is 36.4 Å². The third kappa shape index (κ3) is 7.45. The molecule has 0 atom stereocenters. The Morgan fingerprint density at radius 3 is 2.04 bits per heavy atom. The van der Waals surface area contributed by atoms with Gasteiger partial charge in [-0.25, -0.2) is 4.79 Å². The molecule has 27 heavy (non-hydrogen) atoms. The average molecular weight is 391 g/mol. The van der Waals surface area contributed by atoms with Crippen LogP contribution in [0.1, 0.15) is 19.8 Å². The van der Waals surface area contributed by atoms with E-state index in [2.05, 4.69) is 28.4 Å². The lowest BCUT2D eigenvalue weighted by molar-refractivity contribution is -0.118. The molecular formula is C19H23ClN4O3. The molecule has 0 aliphatic carbocycles. The summed E-state index contributed by atoms with van der Waals surface area (Å²) in [4.78, 5) is 23.2. The molecule has 2 aromatic carbocycles. The molecule has 0 fully saturated rings. The van der Waals surface area contributed by atoms with Gasteiger partial charge in [-0.05, 0) is 55.0 Å². The van der Waals surface area contributed by atoms with Crippen molar-refractivity contribution in [1.29, 1.82) is 0 Å². The highest BCUT2D eigenvalue weighted by Gasteiger charge is 2.04. The first-order chi connectivity index (χ1) is 13.1. The Hall–Kier alpha value is -2.93. The van der Waals surface area contributed by atoms with Crippen LogP contribution in [0.5, 0.6) is 5.75 Å². The molecule has 0 aromatic heterocycles. The van der Waals surface area contributed by atoms with Gasteiger partial charge in [-0.1, -0.05) is 13.3 Å². The maximum Gasteiger partial charge on any atom is 0.323 e. The molecule has 0 saturated carbocycles. The van der Waals surface area contributed by atoms with Crippen LogP contribution in [0, 0.1) is 0 Å². The number of halogens is 1. The first-order valence-corrected chi connectivity index (χ1v) is 9.16. The highest BCUT2D eigenvalue weighted by molar-refractivity contribution is 6.27. The molecule has 0 saturated heterocycles. The summed E-state index contributed by atoms with van der Waals surface area (Å²) in [5, 5.41) is 5.49. The maximum absolute atomic E-state index is 12.1. The van der Waals surface area contributed by atoms with Crippen LogP contribution in [0.15, 0.2) is 48.5 Å². The Bertz CT molecular complexity index is 736. The zero-order chi connectivity index (χ0) is 19.5. The summed E-state index contributed by atoms with van der Waals surface area (Å²) in [6.45, 7) is 2.79. The van der Waals surface area contributed by atoms with Crippen LogP contribution in [-0.4, -0.2) is 24.4 Å². The van der Waals surface area contributed by atoms with E-state index in [1.165, 1.54) is 0 Å². The number of rotatable bonds is 9. The molecule has 7 nitrogen and oxygen atoms in total. The molecule has 0 spiro atoms. The number of alkyl halides is 1. The monoisotopic (exact) mass is 390 g/mol. The summed E-state index contributed by atoms with van der Waals surface area (Å²) in [5.41, 5.74) is 7.09. The summed E-state index contributed by atoms with van der Waals surface area (Å²) < 4.78 is 5.59. The third-order valence-electron chi connectivity index (χ3n) is 3.49. The van der Waals surface area contributed by atoms with Crippen molar-refractivity contribution in [2.75, 3.05) is 28.5 Å². The van der Waals surface area contributed by atoms with Crippen molar-refractivity contribution in [2.24, 2.45) is 0 Å². The van der Waals surface area contributed by atoms with Crippen LogP contribution in [0.4, 0.5) is 21.9 Å². The summed E-state index contributed by atoms with van der Waals surface area (Å²) in [6.07, 6.45) is 2.09. The van der Waals surface area contributed by atoms with Crippen LogP contribution in [0.25, 0.3) is 0 Å². The van der Waals surface area contributed by atoms with E-state index in [-0.39, 0.29) is 17.8 Å². The van der Waals surface area contributed by atoms with Gasteiger partial charge in [0.15, 0.2) is 0 Å². The fraction of sp³-hybridized carbons (Fsp3) is 0.263. The molecule has 2 rings (SSSR count). The van der Waals surface area contributed by atoms with E-state index in [0.29, 0.717) is 23.7 Å². The van der Waals surface area contributed by atoms with Crippen LogP contribution < -0.4 is 26.2 Å². The molecule has 2 aromatic rings. The van der Waals surface area contributed by atoms with E-state index < -0.39 is 0 Å². The predicted molar refractivity (Wildman–Crippen MR) is 108 cm³/mol. The SMILES string of the molecule is CCCCOc1ccc(NC(=O)Nc2ccc(NNC(=O)CCl)cc2)cc1. The molecule has 4 N–H and O–H groups in total. The van der Waals surface area contributed by atoms with Crippen molar-refractivity contribution < 1.29 is 14.3 Å². The van der Waals surface area contributed by atoms with Gasteiger partial charge in [0.05, 0.1) is 12.3 Å². The van der Waals surface area contributed by atoms with Gasteiger partial charge in [0.1, 0.15) is 11.6 Å². The fourth-order valence-electron chi connectivity index (χ4n) is 2.07. The Kier molecular flexibility index (Phi) is 8.25. The Balaban J connectivity index is 1.80. The minimum atomic E-state index is -0.356. The molecule has 144 valence electrons. The molecule has 0 heterocycles. The zero-order valence-corrected chi connectivity index (χ0v) is 15.8. The van der Waals surface area contributed by atoms with E-state index in [4.69, 9.17) is 16.3 Å². The Labute approximate surface area is 163 Å². The topological polar surface area (TPSA) is 91.5 Å². The third-order valence-corrected chi connectivity index (χ3v) is 3.73. The number of ether oxygens (including phenoxy) is 1. The van der Waals surface area contributed by atoms with Gasteiger partial charge in [0.25, 0.3) is 5.91 Å². The largest absolute Gasteiger partial charge is 0.494 e. The Morgan fingerprint density at radius 1 is 0.926 bits per heavy atom. The molecule has 0 bridgehead atoms. The van der Waals surface area contributed by atoms with Crippen molar-refractivity contribution in [1.82, 2.24) is 5.43 Å². The number of hydrazine groups is 1. The molecule has 0 aliphatic rings. The fourth-order valence-corrected chi connectivity index (χ4v) is 2.14. The predicted octanol–water partition coefficient (Wildman–Crippen LogP) is 4.19. The Morgan fingerprint density at radius 2 is 1.48 bits per heavy atom. The number of anilines is 3. The van der Waals surface area contributed by atoms with E-state index in [9.17, 15) is 9.59 Å². The molecular weight excluding hydrogens is 368 g/mol. The van der Waals surface area contributed by atoms with Crippen LogP contribution in [0.3, 0.4) is 0 Å². The van der Waals surface area contributed by atoms with Gasteiger partial charge in [0.2, 0.25) is 0 Å². The molecule has 3 amide bonds. The van der Waals surface area contributed by atoms with E-state index in [0.717, 1.165) is 18.6 Å². The number of hydrogen-bond donors (Lipinski definition) is 4. The molecule has 0 aliphatic heterocycles. The number of urea groups is 1. The van der Waals surface area contributed by atoms with Crippen LogP contribution >= 0.6 is 11.6 Å². The highest BCUT2D eigenvalue weighted by atomic mass is 35.5. The van der Waals surface area contributed by atoms with Gasteiger partial charge >= 0.3 is 6.03 Å². The minimum Gasteiger partial charge on any atom is -0.494 e. The lowest BCUT2D eigenvalue weighted by atomic mass is 10.3. The summed E-state index contributed by atoms with van der Waals surface area (Å²) >= 11 is 5.39. The number of unbranched alkanes of at least 4 members (excludes halogenated alkanes) is 1. The summed E-state index contributed by atoms with van der Waals surface area (Å²) in [6, 6.07) is 13.7. The van der Waals surface area contributed by atoms with Crippen LogP contribution in [-0.2, 0) is 4.79 Å². The average Bonchev–Trinajstić information content (AvgIpc) is 2.68. The summed E-state index contributed by atoms with van der Waals surface area (Å²) in [7, 11) is 0. The second-order valence-electron chi connectivity index (χ2n) is 5.69. The summed E-state index contributed by atoms with van der Waals surface area (Å²) in [5.74, 6) is 0.317. The number of benzene rings is 2. The van der Waals surface area contributed by atoms with Crippen molar-refractivity contribution in [3.63, 3.8) is 0 Å². The first kappa shape index (κ1) is 20.4. The van der Waals surface area contributed by atoms with E-state index >= 15 is 0 Å². The standard InChI is InChI=1S/C19H23ClN4O3/c1-2-3-12-27-17-10-8-15(9-11-17)22-19(26)21-14-4-6-16(7-5-14)23-24-18(25)13-20/h4-11,23H,2-3,12-13H2,1H3,(H,24,25)(H2,21,22,26). The molecule has 0 unspecified atom stereocenters. The number of hydrogen-bond acceptors (Lipinski definition) is 4. The number of carbonyl (C=O) groups excluding carboxylic acids is 2. The normalized spacial score (nSPS) is 10.0. The van der Waals surface area contributed by atoms with Gasteiger partial charge in [-0.2, -0.15) is 0 Å². The van der Waals surface area contributed by atoms with Crippen LogP contribution in [0.2, 0.25) is 0 Å². The van der Waals surface area contributed by atoms with Crippen molar-refractivity contribution in [3.8, 4) is 5.75 Å². The quantitative estimate of drug-likeness (QED) is 0.293. The van der Waals surface area contributed by atoms with Crippen molar-refractivity contribution in [2.45, 2.75) is 19.8 Å². The maximum atomic E-state index is 12.1. The zero-order valence-electron chi connectivity index (χ0n) is 15.0. The minimum absolute atomic E-state index is 0.126. The van der Waals surface area contributed by atoms with Gasteiger partial charge in [-0.15, -0.1) is 11.6 Å². The highest BCUT2D eigenvalue weighted by Crippen LogP contribution is 2.17. The smallest absolute Gasteiger partial charge is 0.323 e. The number of amides is 3.